The molecular formula is C6H3N7. The molecule has 3 heterocycles. The van der Waals surface area contributed by atoms with E-state index in [1.165, 1.54) is 6.33 Å². The van der Waals surface area contributed by atoms with Crippen molar-refractivity contribution in [1.29, 1.82) is 0 Å². The Hall–Kier alpha value is -2.18. The molecule has 3 aromatic heterocycles. The van der Waals surface area contributed by atoms with Crippen LogP contribution < -0.4 is 0 Å². The van der Waals surface area contributed by atoms with Gasteiger partial charge in [-0.2, -0.15) is 5.21 Å². The molecule has 0 bridgehead atoms. The van der Waals surface area contributed by atoms with Crippen molar-refractivity contribution in [1.82, 2.24) is 35.3 Å². The second-order valence-corrected chi connectivity index (χ2v) is 2.43. The van der Waals surface area contributed by atoms with Crippen LogP contribution in [0.15, 0.2) is 12.5 Å². The van der Waals surface area contributed by atoms with Crippen molar-refractivity contribution in [2.45, 2.75) is 0 Å². The fourth-order valence-electron chi connectivity index (χ4n) is 1.06. The van der Waals surface area contributed by atoms with E-state index in [-0.39, 0.29) is 0 Å². The lowest BCUT2D eigenvalue weighted by atomic mass is 10.5. The van der Waals surface area contributed by atoms with Gasteiger partial charge in [0.2, 0.25) is 11.3 Å². The van der Waals surface area contributed by atoms with Crippen LogP contribution >= 0.6 is 0 Å². The summed E-state index contributed by atoms with van der Waals surface area (Å²) in [5, 5.41) is 10.0. The summed E-state index contributed by atoms with van der Waals surface area (Å²) in [6.07, 6.45) is 3.01. The van der Waals surface area contributed by atoms with Gasteiger partial charge in [-0.25, -0.2) is 19.9 Å². The highest BCUT2D eigenvalue weighted by molar-refractivity contribution is 5.78. The highest BCUT2D eigenvalue weighted by Gasteiger charge is 2.04. The van der Waals surface area contributed by atoms with Gasteiger partial charge in [0.15, 0.2) is 5.65 Å². The molecule has 0 aromatic carbocycles. The third-order valence-corrected chi connectivity index (χ3v) is 1.62. The summed E-state index contributed by atoms with van der Waals surface area (Å²) in [7, 11) is 0. The molecular weight excluding hydrogens is 170 g/mol. The van der Waals surface area contributed by atoms with Crippen molar-refractivity contribution in [3.8, 4) is 0 Å². The number of rotatable bonds is 0. The quantitative estimate of drug-likeness (QED) is 0.501. The Morgan fingerprint density at radius 1 is 1.00 bits per heavy atom. The van der Waals surface area contributed by atoms with Crippen LogP contribution in [0, 0.1) is 0 Å². The lowest BCUT2D eigenvalue weighted by Gasteiger charge is -1.91. The largest absolute Gasteiger partial charge is 0.242 e. The van der Waals surface area contributed by atoms with Crippen molar-refractivity contribution >= 4 is 22.5 Å². The maximum absolute atomic E-state index is 4.15. The Morgan fingerprint density at radius 3 is 2.77 bits per heavy atom. The maximum Gasteiger partial charge on any atom is 0.222 e. The zero-order valence-electron chi connectivity index (χ0n) is 6.34. The van der Waals surface area contributed by atoms with Gasteiger partial charge < -0.3 is 0 Å². The van der Waals surface area contributed by atoms with Crippen molar-refractivity contribution in [3.05, 3.63) is 12.5 Å². The number of aromatic amines is 1. The summed E-state index contributed by atoms with van der Waals surface area (Å²) in [6, 6.07) is 0. The third kappa shape index (κ3) is 0.835. The van der Waals surface area contributed by atoms with Crippen LogP contribution in [0.1, 0.15) is 0 Å². The Kier molecular flexibility index (Phi) is 1.05. The number of hydrogen-bond donors (Lipinski definition) is 1. The first-order chi connectivity index (χ1) is 6.43. The van der Waals surface area contributed by atoms with Gasteiger partial charge in [-0.1, -0.05) is 0 Å². The standard InChI is InChI=1S/C6H3N7/c1-3-4(8-2-7-1)10-6-5(9-3)11-13-12-6/h1-2H,(H,7,8,9,10,11,12,13). The van der Waals surface area contributed by atoms with Gasteiger partial charge in [0.05, 0.1) is 6.20 Å². The van der Waals surface area contributed by atoms with Crippen LogP contribution in [0.3, 0.4) is 0 Å². The number of hydrogen-bond acceptors (Lipinski definition) is 6. The molecule has 0 aliphatic rings. The normalized spacial score (nSPS) is 11.1. The Balaban J connectivity index is 2.57. The molecule has 62 valence electrons. The van der Waals surface area contributed by atoms with E-state index in [0.29, 0.717) is 22.5 Å². The SMILES string of the molecule is c1ncc2nc3n[nH]nc3nc2n1. The third-order valence-electron chi connectivity index (χ3n) is 1.62. The summed E-state index contributed by atoms with van der Waals surface area (Å²) in [5.74, 6) is 0. The molecule has 7 heteroatoms. The molecule has 13 heavy (non-hydrogen) atoms. The first-order valence-corrected chi connectivity index (χ1v) is 3.58. The van der Waals surface area contributed by atoms with E-state index in [0.717, 1.165) is 0 Å². The predicted octanol–water partition coefficient (Wildman–Crippen LogP) is -0.309. The number of nitrogens with one attached hydrogen (secondary N) is 1. The molecule has 3 aromatic rings. The van der Waals surface area contributed by atoms with Gasteiger partial charge in [0.25, 0.3) is 0 Å². The van der Waals surface area contributed by atoms with Crippen LogP contribution in [-0.4, -0.2) is 35.3 Å². The number of fused-ring (bicyclic) bond motifs is 2. The first kappa shape index (κ1) is 6.35. The first-order valence-electron chi connectivity index (χ1n) is 3.58. The van der Waals surface area contributed by atoms with Gasteiger partial charge in [-0.05, 0) is 0 Å². The molecule has 1 N–H and O–H groups in total. The molecule has 0 spiro atoms. The van der Waals surface area contributed by atoms with E-state index < -0.39 is 0 Å². The van der Waals surface area contributed by atoms with E-state index in [1.54, 1.807) is 6.20 Å². The molecule has 0 saturated heterocycles. The number of nitrogens with zero attached hydrogens (tertiary/aromatic N) is 6. The van der Waals surface area contributed by atoms with Crippen LogP contribution in [0.2, 0.25) is 0 Å². The summed E-state index contributed by atoms with van der Waals surface area (Å²) in [4.78, 5) is 16.0. The van der Waals surface area contributed by atoms with Gasteiger partial charge in [-0.3, -0.25) is 0 Å². The summed E-state index contributed by atoms with van der Waals surface area (Å²) in [6.45, 7) is 0. The minimum Gasteiger partial charge on any atom is -0.242 e. The van der Waals surface area contributed by atoms with Crippen molar-refractivity contribution in [2.24, 2.45) is 0 Å². The topological polar surface area (TPSA) is 93.1 Å². The smallest absolute Gasteiger partial charge is 0.222 e. The summed E-state index contributed by atoms with van der Waals surface area (Å²) < 4.78 is 0. The summed E-state index contributed by atoms with van der Waals surface area (Å²) >= 11 is 0. The molecule has 0 atom stereocenters. The van der Waals surface area contributed by atoms with E-state index in [9.17, 15) is 0 Å². The van der Waals surface area contributed by atoms with Crippen LogP contribution in [0.25, 0.3) is 22.5 Å². The second kappa shape index (κ2) is 2.16. The molecule has 0 radical (unpaired) electrons. The number of aromatic nitrogens is 7. The van der Waals surface area contributed by atoms with Crippen LogP contribution in [0.5, 0.6) is 0 Å². The fourth-order valence-corrected chi connectivity index (χ4v) is 1.06. The maximum atomic E-state index is 4.15. The molecule has 0 fully saturated rings. The Morgan fingerprint density at radius 2 is 1.85 bits per heavy atom. The van der Waals surface area contributed by atoms with E-state index in [4.69, 9.17) is 0 Å². The zero-order valence-corrected chi connectivity index (χ0v) is 6.34. The minimum atomic E-state index is 0.464. The van der Waals surface area contributed by atoms with Crippen LogP contribution in [0.4, 0.5) is 0 Å². The lowest BCUT2D eigenvalue weighted by molar-refractivity contribution is 0.951. The van der Waals surface area contributed by atoms with Crippen molar-refractivity contribution < 1.29 is 0 Å². The molecule has 7 nitrogen and oxygen atoms in total. The second-order valence-electron chi connectivity index (χ2n) is 2.43. The summed E-state index contributed by atoms with van der Waals surface area (Å²) in [5.41, 5.74) is 2.08. The molecule has 0 aliphatic carbocycles. The van der Waals surface area contributed by atoms with E-state index >= 15 is 0 Å². The highest BCUT2D eigenvalue weighted by Crippen LogP contribution is 2.07. The molecule has 3 rings (SSSR count). The van der Waals surface area contributed by atoms with Gasteiger partial charge in [0.1, 0.15) is 11.8 Å². The molecule has 0 amide bonds. The molecule has 0 unspecified atom stereocenters. The van der Waals surface area contributed by atoms with Gasteiger partial charge in [-0.15, -0.1) is 10.2 Å². The number of H-pyrrole nitrogens is 1. The van der Waals surface area contributed by atoms with E-state index in [2.05, 4.69) is 35.3 Å². The molecule has 0 aliphatic heterocycles. The average molecular weight is 173 g/mol. The van der Waals surface area contributed by atoms with Gasteiger partial charge >= 0.3 is 0 Å². The van der Waals surface area contributed by atoms with Crippen molar-refractivity contribution in [3.63, 3.8) is 0 Å². The van der Waals surface area contributed by atoms with Crippen molar-refractivity contribution in [2.75, 3.05) is 0 Å². The monoisotopic (exact) mass is 173 g/mol. The molecule has 0 saturated carbocycles. The minimum absolute atomic E-state index is 0.464. The average Bonchev–Trinajstić information content (AvgIpc) is 2.61. The predicted molar refractivity (Wildman–Crippen MR) is 42.6 cm³/mol. The van der Waals surface area contributed by atoms with Gasteiger partial charge in [0, 0.05) is 0 Å². The van der Waals surface area contributed by atoms with Crippen LogP contribution in [-0.2, 0) is 0 Å². The highest BCUT2D eigenvalue weighted by atomic mass is 15.4. The van der Waals surface area contributed by atoms with E-state index in [1.807, 2.05) is 0 Å². The lowest BCUT2D eigenvalue weighted by Crippen LogP contribution is -1.89. The fraction of sp³-hybridized carbons (Fsp3) is 0. The zero-order chi connectivity index (χ0) is 8.67. The Labute approximate surface area is 71.3 Å². The Bertz CT molecular complexity index is 521.